The molecule has 7 heteroatoms. The number of aromatic nitrogens is 2. The molecule has 0 bridgehead atoms. The first-order valence-electron chi connectivity index (χ1n) is 8.87. The van der Waals surface area contributed by atoms with Gasteiger partial charge in [-0.15, -0.1) is 0 Å². The summed E-state index contributed by atoms with van der Waals surface area (Å²) in [4.78, 5) is 9.01. The van der Waals surface area contributed by atoms with Gasteiger partial charge >= 0.3 is 6.18 Å². The topological polar surface area (TPSA) is 49.8 Å². The molecule has 2 N–H and O–H groups in total. The summed E-state index contributed by atoms with van der Waals surface area (Å²) in [6.45, 7) is 5.57. The maximum Gasteiger partial charge on any atom is 0.416 e. The van der Waals surface area contributed by atoms with Crippen LogP contribution in [-0.2, 0) is 6.18 Å². The van der Waals surface area contributed by atoms with Crippen molar-refractivity contribution in [3.05, 3.63) is 41.1 Å². The third-order valence-corrected chi connectivity index (χ3v) is 4.63. The highest BCUT2D eigenvalue weighted by Crippen LogP contribution is 2.40. The lowest BCUT2D eigenvalue weighted by Crippen LogP contribution is -2.17. The maximum absolute atomic E-state index is 13.1. The predicted octanol–water partition coefficient (Wildman–Crippen LogP) is 5.64. The van der Waals surface area contributed by atoms with Gasteiger partial charge in [0.2, 0.25) is 5.95 Å². The number of nitrogens with one attached hydrogen (secondary N) is 2. The minimum absolute atomic E-state index is 0.156. The Morgan fingerprint density at radius 3 is 2.58 bits per heavy atom. The Morgan fingerprint density at radius 2 is 1.96 bits per heavy atom. The summed E-state index contributed by atoms with van der Waals surface area (Å²) < 4.78 is 39.4. The highest BCUT2D eigenvalue weighted by Gasteiger charge is 2.33. The van der Waals surface area contributed by atoms with Crippen molar-refractivity contribution in [2.75, 3.05) is 10.6 Å². The molecule has 1 heterocycles. The first-order valence-corrected chi connectivity index (χ1v) is 8.87. The van der Waals surface area contributed by atoms with Gasteiger partial charge in [-0.05, 0) is 50.8 Å². The number of anilines is 3. The number of hydrogen-bond acceptors (Lipinski definition) is 4. The molecule has 4 nitrogen and oxygen atoms in total. The van der Waals surface area contributed by atoms with Crippen LogP contribution in [0.25, 0.3) is 0 Å². The van der Waals surface area contributed by atoms with Gasteiger partial charge in [0.25, 0.3) is 0 Å². The van der Waals surface area contributed by atoms with E-state index in [-0.39, 0.29) is 11.6 Å². The summed E-state index contributed by atoms with van der Waals surface area (Å²) >= 11 is 0. The Balaban J connectivity index is 1.92. The van der Waals surface area contributed by atoms with Crippen LogP contribution in [0.15, 0.2) is 24.3 Å². The lowest BCUT2D eigenvalue weighted by Gasteiger charge is -2.17. The number of halogens is 3. The van der Waals surface area contributed by atoms with Crippen molar-refractivity contribution >= 4 is 17.5 Å². The van der Waals surface area contributed by atoms with E-state index in [0.717, 1.165) is 31.0 Å². The second-order valence-electron chi connectivity index (χ2n) is 6.83. The molecule has 0 aliphatic heterocycles. The fourth-order valence-electron chi connectivity index (χ4n) is 2.72. The van der Waals surface area contributed by atoms with Gasteiger partial charge in [0.05, 0.1) is 11.3 Å². The van der Waals surface area contributed by atoms with E-state index >= 15 is 0 Å². The van der Waals surface area contributed by atoms with Crippen molar-refractivity contribution in [3.63, 3.8) is 0 Å². The molecule has 0 radical (unpaired) electrons. The molecule has 140 valence electrons. The van der Waals surface area contributed by atoms with Gasteiger partial charge in [-0.3, -0.25) is 0 Å². The van der Waals surface area contributed by atoms with Crippen molar-refractivity contribution < 1.29 is 13.2 Å². The SMILES string of the molecule is CC[C@H](C)Nc1nc(Nc2cccc(C(F)(F)F)c2C)cc(C2CC2)n1. The molecule has 1 saturated carbocycles. The van der Waals surface area contributed by atoms with Gasteiger partial charge < -0.3 is 10.6 Å². The van der Waals surface area contributed by atoms with Gasteiger partial charge in [0, 0.05) is 23.7 Å². The number of alkyl halides is 3. The molecule has 26 heavy (non-hydrogen) atoms. The summed E-state index contributed by atoms with van der Waals surface area (Å²) in [5, 5.41) is 6.30. The summed E-state index contributed by atoms with van der Waals surface area (Å²) in [5.74, 6) is 1.43. The van der Waals surface area contributed by atoms with E-state index in [2.05, 4.69) is 27.5 Å². The van der Waals surface area contributed by atoms with Gasteiger partial charge in [-0.2, -0.15) is 18.2 Å². The predicted molar refractivity (Wildman–Crippen MR) is 96.8 cm³/mol. The van der Waals surface area contributed by atoms with Crippen LogP contribution < -0.4 is 10.6 Å². The van der Waals surface area contributed by atoms with Crippen LogP contribution in [0, 0.1) is 6.92 Å². The minimum Gasteiger partial charge on any atom is -0.352 e. The van der Waals surface area contributed by atoms with Gasteiger partial charge in [-0.1, -0.05) is 13.0 Å². The van der Waals surface area contributed by atoms with Crippen molar-refractivity contribution in [1.29, 1.82) is 0 Å². The van der Waals surface area contributed by atoms with Crippen LogP contribution in [0.5, 0.6) is 0 Å². The van der Waals surface area contributed by atoms with Crippen molar-refractivity contribution in [3.8, 4) is 0 Å². The zero-order valence-electron chi connectivity index (χ0n) is 15.1. The van der Waals surface area contributed by atoms with Crippen molar-refractivity contribution in [2.24, 2.45) is 0 Å². The number of rotatable bonds is 6. The smallest absolute Gasteiger partial charge is 0.352 e. The van der Waals surface area contributed by atoms with Gasteiger partial charge in [0.1, 0.15) is 5.82 Å². The number of benzene rings is 1. The van der Waals surface area contributed by atoms with E-state index in [1.165, 1.54) is 13.0 Å². The quantitative estimate of drug-likeness (QED) is 0.697. The number of hydrogen-bond donors (Lipinski definition) is 2. The molecule has 1 atom stereocenters. The zero-order chi connectivity index (χ0) is 18.9. The van der Waals surface area contributed by atoms with E-state index < -0.39 is 11.7 Å². The van der Waals surface area contributed by atoms with Crippen LogP contribution >= 0.6 is 0 Å². The van der Waals surface area contributed by atoms with E-state index in [1.54, 1.807) is 6.07 Å². The van der Waals surface area contributed by atoms with Crippen molar-refractivity contribution in [2.45, 2.75) is 58.2 Å². The highest BCUT2D eigenvalue weighted by molar-refractivity contribution is 5.63. The zero-order valence-corrected chi connectivity index (χ0v) is 15.1. The Bertz CT molecular complexity index is 785. The summed E-state index contributed by atoms with van der Waals surface area (Å²) in [6.07, 6.45) is -1.29. The van der Waals surface area contributed by atoms with E-state index in [0.29, 0.717) is 23.4 Å². The van der Waals surface area contributed by atoms with Gasteiger partial charge in [-0.25, -0.2) is 4.98 Å². The molecule has 1 aromatic carbocycles. The van der Waals surface area contributed by atoms with Crippen LogP contribution in [0.3, 0.4) is 0 Å². The fourth-order valence-corrected chi connectivity index (χ4v) is 2.72. The van der Waals surface area contributed by atoms with Crippen LogP contribution in [0.4, 0.5) is 30.6 Å². The molecular weight excluding hydrogens is 341 g/mol. The lowest BCUT2D eigenvalue weighted by molar-refractivity contribution is -0.138. The Kier molecular flexibility index (Phi) is 5.07. The van der Waals surface area contributed by atoms with E-state index in [9.17, 15) is 13.2 Å². The second kappa shape index (κ2) is 7.13. The maximum atomic E-state index is 13.1. The van der Waals surface area contributed by atoms with Crippen LogP contribution in [0.2, 0.25) is 0 Å². The Hall–Kier alpha value is -2.31. The number of nitrogens with zero attached hydrogens (tertiary/aromatic N) is 2. The third-order valence-electron chi connectivity index (χ3n) is 4.63. The molecule has 0 spiro atoms. The monoisotopic (exact) mass is 364 g/mol. The largest absolute Gasteiger partial charge is 0.416 e. The second-order valence-corrected chi connectivity index (χ2v) is 6.83. The van der Waals surface area contributed by atoms with Crippen LogP contribution in [-0.4, -0.2) is 16.0 Å². The Morgan fingerprint density at radius 1 is 1.23 bits per heavy atom. The molecule has 1 fully saturated rings. The normalized spacial score (nSPS) is 15.6. The van der Waals surface area contributed by atoms with Crippen molar-refractivity contribution in [1.82, 2.24) is 9.97 Å². The molecular formula is C19H23F3N4. The standard InChI is InChI=1S/C19H23F3N4/c1-4-11(2)23-18-25-16(13-8-9-13)10-17(26-18)24-15-7-5-6-14(12(15)3)19(20,21)22/h5-7,10-11,13H,4,8-9H2,1-3H3,(H2,23,24,25,26)/t11-/m0/s1. The summed E-state index contributed by atoms with van der Waals surface area (Å²) in [5.41, 5.74) is 0.840. The Labute approximate surface area is 151 Å². The molecule has 2 aromatic rings. The first kappa shape index (κ1) is 18.5. The van der Waals surface area contributed by atoms with Crippen LogP contribution in [0.1, 0.15) is 55.8 Å². The molecule has 3 rings (SSSR count). The van der Waals surface area contributed by atoms with Gasteiger partial charge in [0.15, 0.2) is 0 Å². The van der Waals surface area contributed by atoms with E-state index in [1.807, 2.05) is 13.0 Å². The average Bonchev–Trinajstić information content (AvgIpc) is 3.40. The third kappa shape index (κ3) is 4.26. The molecule has 1 aromatic heterocycles. The van der Waals surface area contributed by atoms with E-state index in [4.69, 9.17) is 0 Å². The highest BCUT2D eigenvalue weighted by atomic mass is 19.4. The first-order chi connectivity index (χ1) is 12.3. The molecule has 0 unspecified atom stereocenters. The lowest BCUT2D eigenvalue weighted by atomic mass is 10.1. The summed E-state index contributed by atoms with van der Waals surface area (Å²) in [7, 11) is 0. The summed E-state index contributed by atoms with van der Waals surface area (Å²) in [6, 6.07) is 6.17. The average molecular weight is 364 g/mol. The molecule has 0 saturated heterocycles. The molecule has 0 amide bonds. The molecule has 1 aliphatic rings. The molecule has 1 aliphatic carbocycles. The minimum atomic E-state index is -4.38. The fraction of sp³-hybridized carbons (Fsp3) is 0.474.